The third kappa shape index (κ3) is 2.43. The van der Waals surface area contributed by atoms with Crippen LogP contribution in [0.25, 0.3) is 0 Å². The standard InChI is InChI=1S/C7H8Cl3NO3/c8-7(9,10)6(14)11-3-1-2-4(11)5(12)13/h4H,1-3H2,(H,12,13). The summed E-state index contributed by atoms with van der Waals surface area (Å²) < 4.78 is -2.07. The Bertz CT molecular complexity index is 263. The number of hydrogen-bond acceptors (Lipinski definition) is 2. The Labute approximate surface area is 95.7 Å². The van der Waals surface area contributed by atoms with Crippen molar-refractivity contribution in [1.82, 2.24) is 4.90 Å². The molecule has 1 atom stereocenters. The number of carboxylic acid groups (broad SMARTS) is 1. The molecule has 1 amide bonds. The highest BCUT2D eigenvalue weighted by Crippen LogP contribution is 2.31. The smallest absolute Gasteiger partial charge is 0.326 e. The SMILES string of the molecule is O=C(O)C1CCCN1C(=O)C(Cl)(Cl)Cl. The average Bonchev–Trinajstić information content (AvgIpc) is 2.48. The zero-order chi connectivity index (χ0) is 10.9. The maximum absolute atomic E-state index is 11.4. The van der Waals surface area contributed by atoms with Gasteiger partial charge in [-0.1, -0.05) is 34.8 Å². The summed E-state index contributed by atoms with van der Waals surface area (Å²) in [7, 11) is 0. The molecule has 1 fully saturated rings. The van der Waals surface area contributed by atoms with Gasteiger partial charge in [-0.2, -0.15) is 0 Å². The van der Waals surface area contributed by atoms with Crippen LogP contribution in [0, 0.1) is 0 Å². The highest BCUT2D eigenvalue weighted by Gasteiger charge is 2.42. The molecule has 0 saturated carbocycles. The third-order valence-electron chi connectivity index (χ3n) is 2.04. The number of carboxylic acids is 1. The summed E-state index contributed by atoms with van der Waals surface area (Å²) in [6.45, 7) is 0.323. The second-order valence-electron chi connectivity index (χ2n) is 2.99. The van der Waals surface area contributed by atoms with Crippen molar-refractivity contribution in [1.29, 1.82) is 0 Å². The van der Waals surface area contributed by atoms with Crippen LogP contribution in [-0.2, 0) is 9.59 Å². The molecule has 80 valence electrons. The molecule has 1 aliphatic rings. The maximum atomic E-state index is 11.4. The molecular weight excluding hydrogens is 252 g/mol. The van der Waals surface area contributed by atoms with Crippen molar-refractivity contribution in [2.24, 2.45) is 0 Å². The van der Waals surface area contributed by atoms with Gasteiger partial charge in [0.1, 0.15) is 6.04 Å². The van der Waals surface area contributed by atoms with Gasteiger partial charge in [0, 0.05) is 6.54 Å². The van der Waals surface area contributed by atoms with Gasteiger partial charge < -0.3 is 10.0 Å². The number of nitrogens with zero attached hydrogens (tertiary/aromatic N) is 1. The molecule has 1 heterocycles. The zero-order valence-electron chi connectivity index (χ0n) is 7.04. The van der Waals surface area contributed by atoms with Gasteiger partial charge >= 0.3 is 5.97 Å². The minimum atomic E-state index is -2.07. The van der Waals surface area contributed by atoms with Gasteiger partial charge in [-0.05, 0) is 12.8 Å². The molecule has 1 rings (SSSR count). The fraction of sp³-hybridized carbons (Fsp3) is 0.714. The van der Waals surface area contributed by atoms with E-state index in [1.54, 1.807) is 0 Å². The molecule has 14 heavy (non-hydrogen) atoms. The minimum absolute atomic E-state index is 0.323. The molecule has 0 aromatic rings. The van der Waals surface area contributed by atoms with Gasteiger partial charge in [0.25, 0.3) is 9.70 Å². The number of halogens is 3. The second kappa shape index (κ2) is 4.13. The van der Waals surface area contributed by atoms with Crippen molar-refractivity contribution < 1.29 is 14.7 Å². The molecule has 0 aromatic heterocycles. The van der Waals surface area contributed by atoms with Gasteiger partial charge in [0.15, 0.2) is 0 Å². The summed E-state index contributed by atoms with van der Waals surface area (Å²) in [6.07, 6.45) is 1.02. The summed E-state index contributed by atoms with van der Waals surface area (Å²) in [5.74, 6) is -1.84. The first kappa shape index (κ1) is 11.9. The average molecular weight is 261 g/mol. The number of likely N-dealkylation sites (tertiary alicyclic amines) is 1. The van der Waals surface area contributed by atoms with Crippen LogP contribution in [-0.4, -0.2) is 38.3 Å². The molecule has 4 nitrogen and oxygen atoms in total. The predicted octanol–water partition coefficient (Wildman–Crippen LogP) is 1.43. The quantitative estimate of drug-likeness (QED) is 0.726. The largest absolute Gasteiger partial charge is 0.480 e. The Morgan fingerprint density at radius 2 is 1.93 bits per heavy atom. The summed E-state index contributed by atoms with van der Waals surface area (Å²) >= 11 is 16.1. The second-order valence-corrected chi connectivity index (χ2v) is 5.27. The lowest BCUT2D eigenvalue weighted by atomic mass is 10.2. The number of hydrogen-bond donors (Lipinski definition) is 1. The molecule has 0 radical (unpaired) electrons. The van der Waals surface area contributed by atoms with E-state index >= 15 is 0 Å². The number of alkyl halides is 3. The fourth-order valence-electron chi connectivity index (χ4n) is 1.43. The van der Waals surface area contributed by atoms with Crippen molar-refractivity contribution in [3.8, 4) is 0 Å². The molecule has 0 aliphatic carbocycles. The summed E-state index contributed by atoms with van der Waals surface area (Å²) in [4.78, 5) is 23.3. The van der Waals surface area contributed by atoms with Crippen molar-refractivity contribution in [3.05, 3.63) is 0 Å². The van der Waals surface area contributed by atoms with Gasteiger partial charge in [0.2, 0.25) is 0 Å². The Hall–Kier alpha value is -0.190. The van der Waals surface area contributed by atoms with Gasteiger partial charge in [-0.3, -0.25) is 4.79 Å². The monoisotopic (exact) mass is 259 g/mol. The first-order chi connectivity index (χ1) is 6.34. The summed E-state index contributed by atoms with van der Waals surface area (Å²) in [5, 5.41) is 8.78. The van der Waals surface area contributed by atoms with E-state index in [1.165, 1.54) is 0 Å². The normalized spacial score (nSPS) is 22.5. The molecule has 0 aromatic carbocycles. The summed E-state index contributed by atoms with van der Waals surface area (Å²) in [5.41, 5.74) is 0. The van der Waals surface area contributed by atoms with E-state index in [2.05, 4.69) is 0 Å². The molecule has 0 bridgehead atoms. The van der Waals surface area contributed by atoms with E-state index in [0.717, 1.165) is 4.90 Å². The van der Waals surface area contributed by atoms with Crippen LogP contribution in [0.4, 0.5) is 0 Å². The van der Waals surface area contributed by atoms with Crippen molar-refractivity contribution in [3.63, 3.8) is 0 Å². The Morgan fingerprint density at radius 3 is 2.36 bits per heavy atom. The van der Waals surface area contributed by atoms with Crippen LogP contribution in [0.2, 0.25) is 0 Å². The van der Waals surface area contributed by atoms with Crippen LogP contribution in [0.3, 0.4) is 0 Å². The van der Waals surface area contributed by atoms with Gasteiger partial charge in [-0.25, -0.2) is 4.79 Å². The molecule has 1 aliphatic heterocycles. The maximum Gasteiger partial charge on any atom is 0.326 e. The number of carbonyl (C=O) groups excluding carboxylic acids is 1. The van der Waals surface area contributed by atoms with Gasteiger partial charge in [0.05, 0.1) is 0 Å². The minimum Gasteiger partial charge on any atom is -0.480 e. The van der Waals surface area contributed by atoms with E-state index in [0.29, 0.717) is 19.4 Å². The van der Waals surface area contributed by atoms with E-state index in [9.17, 15) is 9.59 Å². The molecule has 1 unspecified atom stereocenters. The number of aliphatic carboxylic acids is 1. The predicted molar refractivity (Wildman–Crippen MR) is 52.7 cm³/mol. The van der Waals surface area contributed by atoms with Crippen LogP contribution in [0.15, 0.2) is 0 Å². The molecule has 1 saturated heterocycles. The topological polar surface area (TPSA) is 57.6 Å². The number of carbonyl (C=O) groups is 2. The Kier molecular flexibility index (Phi) is 3.50. The molecule has 7 heteroatoms. The Morgan fingerprint density at radius 1 is 1.36 bits per heavy atom. The molecule has 0 spiro atoms. The highest BCUT2D eigenvalue weighted by molar-refractivity contribution is 6.76. The number of amides is 1. The van der Waals surface area contributed by atoms with Crippen LogP contribution in [0.5, 0.6) is 0 Å². The van der Waals surface area contributed by atoms with Crippen molar-refractivity contribution >= 4 is 46.7 Å². The number of rotatable bonds is 1. The van der Waals surface area contributed by atoms with E-state index in [1.807, 2.05) is 0 Å². The molecule has 1 N–H and O–H groups in total. The lowest BCUT2D eigenvalue weighted by Gasteiger charge is -2.24. The first-order valence-corrected chi connectivity index (χ1v) is 5.08. The van der Waals surface area contributed by atoms with Crippen LogP contribution < -0.4 is 0 Å². The van der Waals surface area contributed by atoms with Gasteiger partial charge in [-0.15, -0.1) is 0 Å². The fourth-order valence-corrected chi connectivity index (χ4v) is 1.76. The lowest BCUT2D eigenvalue weighted by molar-refractivity contribution is -0.147. The summed E-state index contributed by atoms with van der Waals surface area (Å²) in [6, 6.07) is -0.863. The van der Waals surface area contributed by atoms with E-state index in [-0.39, 0.29) is 0 Å². The van der Waals surface area contributed by atoms with E-state index in [4.69, 9.17) is 39.9 Å². The van der Waals surface area contributed by atoms with Crippen molar-refractivity contribution in [2.75, 3.05) is 6.54 Å². The molecular formula is C7H8Cl3NO3. The highest BCUT2D eigenvalue weighted by atomic mass is 35.6. The van der Waals surface area contributed by atoms with E-state index < -0.39 is 21.7 Å². The Balaban J connectivity index is 2.77. The van der Waals surface area contributed by atoms with Crippen molar-refractivity contribution in [2.45, 2.75) is 22.7 Å². The zero-order valence-corrected chi connectivity index (χ0v) is 9.31. The first-order valence-electron chi connectivity index (χ1n) is 3.94. The third-order valence-corrected chi connectivity index (χ3v) is 2.53. The van der Waals surface area contributed by atoms with Crippen LogP contribution in [0.1, 0.15) is 12.8 Å². The lowest BCUT2D eigenvalue weighted by Crippen LogP contribution is -2.45. The van der Waals surface area contributed by atoms with Crippen LogP contribution >= 0.6 is 34.8 Å².